The summed E-state index contributed by atoms with van der Waals surface area (Å²) in [7, 11) is 3.99. The third kappa shape index (κ3) is 4.33. The Morgan fingerprint density at radius 3 is 2.48 bits per heavy atom. The number of hydrogen-bond donors (Lipinski definition) is 0. The van der Waals surface area contributed by atoms with Crippen LogP contribution in [0.1, 0.15) is 16.8 Å². The Morgan fingerprint density at radius 2 is 1.79 bits per heavy atom. The normalized spacial score (nSPS) is 13.1. The fourth-order valence-corrected chi connectivity index (χ4v) is 4.15. The number of benzene rings is 2. The van der Waals surface area contributed by atoms with Crippen molar-refractivity contribution in [3.63, 3.8) is 0 Å². The van der Waals surface area contributed by atoms with Crippen molar-refractivity contribution >= 4 is 32.6 Å². The van der Waals surface area contributed by atoms with Crippen LogP contribution in [0.2, 0.25) is 0 Å². The second kappa shape index (κ2) is 8.34. The molecule has 1 aliphatic rings. The fraction of sp³-hybridized carbons (Fsp3) is 0.333. The van der Waals surface area contributed by atoms with Gasteiger partial charge in [-0.15, -0.1) is 0 Å². The van der Waals surface area contributed by atoms with Crippen LogP contribution in [0.5, 0.6) is 11.5 Å². The van der Waals surface area contributed by atoms with Crippen LogP contribution in [0.15, 0.2) is 36.4 Å². The molecule has 0 fully saturated rings. The molecule has 0 radical (unpaired) electrons. The van der Waals surface area contributed by atoms with Crippen LogP contribution < -0.4 is 14.4 Å². The minimum Gasteiger partial charge on any atom is -0.486 e. The monoisotopic (exact) mass is 415 g/mol. The summed E-state index contributed by atoms with van der Waals surface area (Å²) in [5.74, 6) is 0.805. The van der Waals surface area contributed by atoms with Crippen LogP contribution in [0.3, 0.4) is 0 Å². The van der Waals surface area contributed by atoms with E-state index in [1.165, 1.54) is 35.6 Å². The van der Waals surface area contributed by atoms with Crippen LogP contribution in [0, 0.1) is 5.82 Å². The van der Waals surface area contributed by atoms with Crippen molar-refractivity contribution in [2.75, 3.05) is 45.3 Å². The Balaban J connectivity index is 1.67. The summed E-state index contributed by atoms with van der Waals surface area (Å²) in [5, 5.41) is 0.607. The smallest absolute Gasteiger partial charge is 0.260 e. The molecule has 4 rings (SSSR count). The van der Waals surface area contributed by atoms with E-state index in [9.17, 15) is 9.18 Å². The molecule has 0 saturated heterocycles. The van der Waals surface area contributed by atoms with Crippen molar-refractivity contribution in [1.29, 1.82) is 0 Å². The molecule has 1 aliphatic heterocycles. The Hall–Kier alpha value is -2.71. The lowest BCUT2D eigenvalue weighted by Crippen LogP contribution is -2.33. The highest BCUT2D eigenvalue weighted by atomic mass is 32.1. The fourth-order valence-electron chi connectivity index (χ4n) is 3.15. The number of halogens is 1. The number of fused-ring (bicyclic) bond motifs is 2. The minimum absolute atomic E-state index is 0.194. The Labute approximate surface area is 172 Å². The van der Waals surface area contributed by atoms with Gasteiger partial charge in [0.1, 0.15) is 19.0 Å². The highest BCUT2D eigenvalue weighted by molar-refractivity contribution is 7.22. The predicted octanol–water partition coefficient (Wildman–Crippen LogP) is 3.81. The van der Waals surface area contributed by atoms with Crippen LogP contribution in [-0.2, 0) is 0 Å². The van der Waals surface area contributed by atoms with Gasteiger partial charge in [0.25, 0.3) is 5.91 Å². The summed E-state index contributed by atoms with van der Waals surface area (Å²) in [5.41, 5.74) is 1.19. The molecule has 1 amide bonds. The summed E-state index contributed by atoms with van der Waals surface area (Å²) in [6.07, 6.45) is 0.790. The van der Waals surface area contributed by atoms with Gasteiger partial charge in [0.05, 0.1) is 10.2 Å². The number of rotatable bonds is 6. The van der Waals surface area contributed by atoms with Crippen molar-refractivity contribution in [2.45, 2.75) is 6.42 Å². The third-order valence-corrected chi connectivity index (χ3v) is 5.64. The SMILES string of the molecule is CN(C)CCCN(C(=O)c1ccc(F)cc1)c1nc2cc3c(cc2s1)OCCO3. The number of carbonyl (C=O) groups excluding carboxylic acids is 1. The van der Waals surface area contributed by atoms with Gasteiger partial charge in [-0.05, 0) is 51.3 Å². The van der Waals surface area contributed by atoms with Gasteiger partial charge in [-0.1, -0.05) is 11.3 Å². The molecule has 1 aromatic heterocycles. The summed E-state index contributed by atoms with van der Waals surface area (Å²) in [4.78, 5) is 21.6. The van der Waals surface area contributed by atoms with E-state index in [4.69, 9.17) is 9.47 Å². The van der Waals surface area contributed by atoms with Crippen molar-refractivity contribution in [3.05, 3.63) is 47.8 Å². The average molecular weight is 415 g/mol. The van der Waals surface area contributed by atoms with Crippen LogP contribution in [0.25, 0.3) is 10.2 Å². The lowest BCUT2D eigenvalue weighted by atomic mass is 10.2. The maximum Gasteiger partial charge on any atom is 0.260 e. The van der Waals surface area contributed by atoms with E-state index in [1.807, 2.05) is 26.2 Å². The molecule has 0 aliphatic carbocycles. The minimum atomic E-state index is -0.369. The molecule has 8 heteroatoms. The van der Waals surface area contributed by atoms with Crippen molar-refractivity contribution in [1.82, 2.24) is 9.88 Å². The quantitative estimate of drug-likeness (QED) is 0.613. The molecule has 0 N–H and O–H groups in total. The predicted molar refractivity (Wildman–Crippen MR) is 112 cm³/mol. The van der Waals surface area contributed by atoms with Crippen molar-refractivity contribution < 1.29 is 18.7 Å². The van der Waals surface area contributed by atoms with Gasteiger partial charge >= 0.3 is 0 Å². The van der Waals surface area contributed by atoms with E-state index in [1.54, 1.807) is 4.90 Å². The van der Waals surface area contributed by atoms with Gasteiger partial charge in [-0.25, -0.2) is 9.37 Å². The van der Waals surface area contributed by atoms with Gasteiger partial charge in [0.2, 0.25) is 0 Å². The van der Waals surface area contributed by atoms with E-state index in [2.05, 4.69) is 9.88 Å². The van der Waals surface area contributed by atoms with Gasteiger partial charge in [0.15, 0.2) is 16.6 Å². The molecule has 152 valence electrons. The van der Waals surface area contributed by atoms with Gasteiger partial charge in [-0.2, -0.15) is 0 Å². The standard InChI is InChI=1S/C21H22FN3O3S/c1-24(2)8-3-9-25(20(26)14-4-6-15(22)7-5-14)21-23-16-12-17-18(13-19(16)29-21)28-11-10-27-17/h4-7,12-13H,3,8-11H2,1-2H3. The highest BCUT2D eigenvalue weighted by Crippen LogP contribution is 2.39. The average Bonchev–Trinajstić information content (AvgIpc) is 3.11. The number of amides is 1. The second-order valence-electron chi connectivity index (χ2n) is 7.08. The molecular weight excluding hydrogens is 393 g/mol. The second-order valence-corrected chi connectivity index (χ2v) is 8.09. The number of ether oxygens (including phenoxy) is 2. The molecule has 3 aromatic rings. The highest BCUT2D eigenvalue weighted by Gasteiger charge is 2.23. The van der Waals surface area contributed by atoms with E-state index in [-0.39, 0.29) is 11.7 Å². The Bertz CT molecular complexity index is 977. The zero-order valence-corrected chi connectivity index (χ0v) is 17.2. The molecule has 29 heavy (non-hydrogen) atoms. The third-order valence-electron chi connectivity index (χ3n) is 4.60. The summed E-state index contributed by atoms with van der Waals surface area (Å²) in [6, 6.07) is 9.36. The topological polar surface area (TPSA) is 54.9 Å². The van der Waals surface area contributed by atoms with E-state index in [0.717, 1.165) is 23.2 Å². The lowest BCUT2D eigenvalue weighted by Gasteiger charge is -2.21. The van der Waals surface area contributed by atoms with Gasteiger partial charge in [0, 0.05) is 24.2 Å². The Morgan fingerprint density at radius 1 is 1.10 bits per heavy atom. The maximum atomic E-state index is 13.3. The summed E-state index contributed by atoms with van der Waals surface area (Å²) < 4.78 is 25.5. The summed E-state index contributed by atoms with van der Waals surface area (Å²) in [6.45, 7) is 2.38. The van der Waals surface area contributed by atoms with E-state index in [0.29, 0.717) is 42.0 Å². The molecule has 0 spiro atoms. The molecule has 0 saturated carbocycles. The van der Waals surface area contributed by atoms with E-state index >= 15 is 0 Å². The van der Waals surface area contributed by atoms with Crippen LogP contribution >= 0.6 is 11.3 Å². The first-order valence-corrected chi connectivity index (χ1v) is 10.3. The van der Waals surface area contributed by atoms with E-state index < -0.39 is 0 Å². The maximum absolute atomic E-state index is 13.3. The van der Waals surface area contributed by atoms with Crippen LogP contribution in [-0.4, -0.2) is 56.2 Å². The Kier molecular flexibility index (Phi) is 5.64. The summed E-state index contributed by atoms with van der Waals surface area (Å²) >= 11 is 1.43. The zero-order valence-electron chi connectivity index (χ0n) is 16.4. The molecule has 0 unspecified atom stereocenters. The lowest BCUT2D eigenvalue weighted by molar-refractivity contribution is 0.0986. The van der Waals surface area contributed by atoms with Crippen LogP contribution in [0.4, 0.5) is 9.52 Å². The molecule has 0 atom stereocenters. The van der Waals surface area contributed by atoms with Crippen molar-refractivity contribution in [2.24, 2.45) is 0 Å². The molecule has 2 heterocycles. The molecular formula is C21H22FN3O3S. The zero-order chi connectivity index (χ0) is 20.4. The van der Waals surface area contributed by atoms with Crippen molar-refractivity contribution in [3.8, 4) is 11.5 Å². The number of anilines is 1. The number of nitrogens with zero attached hydrogens (tertiary/aromatic N) is 3. The van der Waals surface area contributed by atoms with Gasteiger partial charge < -0.3 is 14.4 Å². The first-order valence-electron chi connectivity index (χ1n) is 9.43. The molecule has 0 bridgehead atoms. The molecule has 6 nitrogen and oxygen atoms in total. The largest absolute Gasteiger partial charge is 0.486 e. The molecule has 2 aromatic carbocycles. The number of hydrogen-bond acceptors (Lipinski definition) is 6. The number of thiazole rings is 1. The first-order chi connectivity index (χ1) is 14.0. The first kappa shape index (κ1) is 19.6. The van der Waals surface area contributed by atoms with Gasteiger partial charge in [-0.3, -0.25) is 9.69 Å². The number of carbonyl (C=O) groups is 1. The number of aromatic nitrogens is 1.